The molecular weight excluding hydrogens is 400 g/mol. The van der Waals surface area contributed by atoms with Gasteiger partial charge < -0.3 is 10.5 Å². The minimum absolute atomic E-state index is 0.0440. The molecule has 0 radical (unpaired) electrons. The quantitative estimate of drug-likeness (QED) is 0.669. The Bertz CT molecular complexity index is 1070. The van der Waals surface area contributed by atoms with E-state index >= 15 is 0 Å². The Balaban J connectivity index is 1.57. The van der Waals surface area contributed by atoms with Crippen LogP contribution in [0.2, 0.25) is 5.02 Å². The average molecular weight is 425 g/mol. The van der Waals surface area contributed by atoms with Crippen molar-refractivity contribution in [3.63, 3.8) is 0 Å². The lowest BCUT2D eigenvalue weighted by Gasteiger charge is -2.40. The summed E-state index contributed by atoms with van der Waals surface area (Å²) in [5.41, 5.74) is 8.75. The predicted octanol–water partition coefficient (Wildman–Crippen LogP) is 3.98. The van der Waals surface area contributed by atoms with E-state index in [-0.39, 0.29) is 17.0 Å². The minimum atomic E-state index is -0.109. The molecule has 7 heteroatoms. The van der Waals surface area contributed by atoms with Crippen molar-refractivity contribution in [3.05, 3.63) is 75.7 Å². The smallest absolute Gasteiger partial charge is 0.267 e. The van der Waals surface area contributed by atoms with Gasteiger partial charge in [0.05, 0.1) is 18.8 Å². The topological polar surface area (TPSA) is 83.0 Å². The molecule has 1 saturated carbocycles. The number of hydrogen-bond donors (Lipinski definition) is 1. The van der Waals surface area contributed by atoms with Crippen LogP contribution >= 0.6 is 11.6 Å². The number of pyridine rings is 1. The summed E-state index contributed by atoms with van der Waals surface area (Å²) in [5, 5.41) is 5.38. The number of ether oxygens (including phenoxy) is 1. The van der Waals surface area contributed by atoms with E-state index in [0.29, 0.717) is 12.4 Å². The van der Waals surface area contributed by atoms with Crippen LogP contribution in [0.4, 0.5) is 0 Å². The van der Waals surface area contributed by atoms with Gasteiger partial charge in [-0.1, -0.05) is 23.7 Å². The normalized spacial score (nSPS) is 21.4. The molecule has 2 N–H and O–H groups in total. The highest BCUT2D eigenvalue weighted by Gasteiger charge is 2.37. The Morgan fingerprint density at radius 3 is 2.63 bits per heavy atom. The Kier molecular flexibility index (Phi) is 5.88. The molecule has 1 aromatic carbocycles. The molecule has 0 unspecified atom stereocenters. The monoisotopic (exact) mass is 424 g/mol. The number of halogens is 1. The van der Waals surface area contributed by atoms with Crippen LogP contribution in [-0.2, 0) is 5.41 Å². The van der Waals surface area contributed by atoms with Gasteiger partial charge in [-0.2, -0.15) is 5.10 Å². The fourth-order valence-electron chi connectivity index (χ4n) is 4.32. The molecule has 156 valence electrons. The van der Waals surface area contributed by atoms with Crippen molar-refractivity contribution >= 4 is 11.6 Å². The van der Waals surface area contributed by atoms with E-state index < -0.39 is 0 Å². The zero-order valence-electron chi connectivity index (χ0n) is 16.9. The van der Waals surface area contributed by atoms with Gasteiger partial charge >= 0.3 is 0 Å². The van der Waals surface area contributed by atoms with E-state index in [4.69, 9.17) is 22.1 Å². The number of methoxy groups -OCH3 is 1. The fraction of sp³-hybridized carbons (Fsp3) is 0.348. The van der Waals surface area contributed by atoms with Crippen molar-refractivity contribution in [2.75, 3.05) is 13.7 Å². The zero-order valence-corrected chi connectivity index (χ0v) is 17.7. The molecule has 1 aliphatic rings. The maximum Gasteiger partial charge on any atom is 0.267 e. The first-order chi connectivity index (χ1) is 14.5. The predicted molar refractivity (Wildman–Crippen MR) is 118 cm³/mol. The number of nitrogens with two attached hydrogens (primary N) is 1. The van der Waals surface area contributed by atoms with E-state index in [1.54, 1.807) is 36.2 Å². The highest BCUT2D eigenvalue weighted by molar-refractivity contribution is 6.30. The largest absolute Gasteiger partial charge is 0.481 e. The van der Waals surface area contributed by atoms with Crippen LogP contribution in [0.15, 0.2) is 59.5 Å². The first-order valence-electron chi connectivity index (χ1n) is 10.1. The van der Waals surface area contributed by atoms with E-state index in [1.807, 2.05) is 24.3 Å². The molecule has 4 rings (SSSR count). The van der Waals surface area contributed by atoms with Gasteiger partial charge in [0.1, 0.15) is 0 Å². The Labute approximate surface area is 180 Å². The number of aromatic nitrogens is 3. The maximum absolute atomic E-state index is 12.6. The summed E-state index contributed by atoms with van der Waals surface area (Å²) in [5.74, 6) is 0.540. The first kappa shape index (κ1) is 20.6. The second-order valence-corrected chi connectivity index (χ2v) is 8.25. The number of benzene rings is 1. The molecule has 0 spiro atoms. The molecule has 0 amide bonds. The lowest BCUT2D eigenvalue weighted by molar-refractivity contribution is 0.222. The highest BCUT2D eigenvalue weighted by Crippen LogP contribution is 2.42. The van der Waals surface area contributed by atoms with Gasteiger partial charge in [0.25, 0.3) is 5.56 Å². The van der Waals surface area contributed by atoms with Gasteiger partial charge in [0.2, 0.25) is 5.88 Å². The third-order valence-corrected chi connectivity index (χ3v) is 6.39. The van der Waals surface area contributed by atoms with Crippen LogP contribution in [0.1, 0.15) is 37.3 Å². The maximum atomic E-state index is 12.6. The van der Waals surface area contributed by atoms with Gasteiger partial charge in [0.15, 0.2) is 0 Å². The van der Waals surface area contributed by atoms with E-state index in [0.717, 1.165) is 42.0 Å². The molecule has 0 saturated heterocycles. The third-order valence-electron chi connectivity index (χ3n) is 6.15. The van der Waals surface area contributed by atoms with Gasteiger partial charge in [-0.15, -0.1) is 0 Å². The SMILES string of the molecule is COc1ccc(-c2ccc(=O)n([C@H]3CC[C@@](CN)(c4cccc(Cl)c4)CC3)n2)cn1. The zero-order chi connectivity index (χ0) is 21.1. The van der Waals surface area contributed by atoms with Crippen LogP contribution < -0.4 is 16.0 Å². The Hall–Kier alpha value is -2.70. The Morgan fingerprint density at radius 1 is 1.20 bits per heavy atom. The lowest BCUT2D eigenvalue weighted by Crippen LogP contribution is -2.41. The average Bonchev–Trinajstić information content (AvgIpc) is 2.80. The number of nitrogens with zero attached hydrogens (tertiary/aromatic N) is 3. The summed E-state index contributed by atoms with van der Waals surface area (Å²) >= 11 is 6.21. The van der Waals surface area contributed by atoms with Crippen LogP contribution in [0.3, 0.4) is 0 Å². The highest BCUT2D eigenvalue weighted by atomic mass is 35.5. The number of hydrogen-bond acceptors (Lipinski definition) is 5. The fourth-order valence-corrected chi connectivity index (χ4v) is 4.51. The van der Waals surface area contributed by atoms with Crippen LogP contribution in [0, 0.1) is 0 Å². The van der Waals surface area contributed by atoms with E-state index in [9.17, 15) is 4.79 Å². The van der Waals surface area contributed by atoms with Crippen molar-refractivity contribution in [1.82, 2.24) is 14.8 Å². The molecule has 30 heavy (non-hydrogen) atoms. The van der Waals surface area contributed by atoms with Crippen molar-refractivity contribution < 1.29 is 4.74 Å². The lowest BCUT2D eigenvalue weighted by atomic mass is 9.68. The summed E-state index contributed by atoms with van der Waals surface area (Å²) in [4.78, 5) is 16.8. The summed E-state index contributed by atoms with van der Waals surface area (Å²) in [6.07, 6.45) is 5.14. The molecule has 1 aliphatic carbocycles. The standard InChI is InChI=1S/C23H25ClN4O2/c1-30-21-7-5-16(14-26-21)20-6-8-22(29)28(27-20)19-9-11-23(15-25,12-10-19)17-3-2-4-18(24)13-17/h2-8,13-14,19H,9-12,15,25H2,1H3/t19-,23+. The molecule has 2 aromatic heterocycles. The van der Waals surface area contributed by atoms with Gasteiger partial charge in [0, 0.05) is 40.9 Å². The van der Waals surface area contributed by atoms with Crippen molar-refractivity contribution in [2.24, 2.45) is 5.73 Å². The first-order valence-corrected chi connectivity index (χ1v) is 10.5. The summed E-state index contributed by atoms with van der Waals surface area (Å²) < 4.78 is 6.73. The molecule has 2 heterocycles. The van der Waals surface area contributed by atoms with Gasteiger partial charge in [-0.25, -0.2) is 9.67 Å². The van der Waals surface area contributed by atoms with Gasteiger partial charge in [-0.05, 0) is 55.5 Å². The minimum Gasteiger partial charge on any atom is -0.481 e. The third kappa shape index (κ3) is 3.98. The van der Waals surface area contributed by atoms with Crippen molar-refractivity contribution in [2.45, 2.75) is 37.1 Å². The number of rotatable bonds is 5. The van der Waals surface area contributed by atoms with Crippen LogP contribution in [-0.4, -0.2) is 28.4 Å². The summed E-state index contributed by atoms with van der Waals surface area (Å²) in [6, 6.07) is 15.0. The molecule has 0 bridgehead atoms. The van der Waals surface area contributed by atoms with Crippen LogP contribution in [0.5, 0.6) is 5.88 Å². The van der Waals surface area contributed by atoms with E-state index in [1.165, 1.54) is 5.56 Å². The molecule has 0 atom stereocenters. The summed E-state index contributed by atoms with van der Waals surface area (Å²) in [6.45, 7) is 0.556. The second kappa shape index (κ2) is 8.58. The molecular formula is C23H25ClN4O2. The van der Waals surface area contributed by atoms with Gasteiger partial charge in [-0.3, -0.25) is 4.79 Å². The molecule has 3 aromatic rings. The summed E-state index contributed by atoms with van der Waals surface area (Å²) in [7, 11) is 1.58. The van der Waals surface area contributed by atoms with E-state index in [2.05, 4.69) is 16.1 Å². The van der Waals surface area contributed by atoms with Crippen LogP contribution in [0.25, 0.3) is 11.3 Å². The second-order valence-electron chi connectivity index (χ2n) is 7.82. The molecule has 0 aliphatic heterocycles. The molecule has 1 fully saturated rings. The van der Waals surface area contributed by atoms with Crippen molar-refractivity contribution in [3.8, 4) is 17.1 Å². The van der Waals surface area contributed by atoms with Crippen molar-refractivity contribution in [1.29, 1.82) is 0 Å². The Morgan fingerprint density at radius 2 is 2.00 bits per heavy atom. The molecule has 6 nitrogen and oxygen atoms in total.